The summed E-state index contributed by atoms with van der Waals surface area (Å²) in [4.78, 5) is 21.7. The van der Waals surface area contributed by atoms with Crippen LogP contribution in [0.5, 0.6) is 0 Å². The molecule has 6 heteroatoms. The molecule has 1 aliphatic carbocycles. The quantitative estimate of drug-likeness (QED) is 0.619. The lowest BCUT2D eigenvalue weighted by Gasteiger charge is -2.36. The number of aliphatic carboxylic acids is 1. The van der Waals surface area contributed by atoms with Crippen molar-refractivity contribution in [2.75, 3.05) is 11.9 Å². The molecule has 0 heterocycles. The van der Waals surface area contributed by atoms with Crippen LogP contribution in [0.2, 0.25) is 0 Å². The summed E-state index contributed by atoms with van der Waals surface area (Å²) in [7, 11) is 0. The lowest BCUT2D eigenvalue weighted by Crippen LogP contribution is -2.34. The van der Waals surface area contributed by atoms with Gasteiger partial charge < -0.3 is 10.4 Å². The molecule has 1 aromatic rings. The fourth-order valence-corrected chi connectivity index (χ4v) is 3.10. The second-order valence-corrected chi connectivity index (χ2v) is 5.76. The number of nitro groups is 1. The molecule has 0 aliphatic heterocycles. The van der Waals surface area contributed by atoms with E-state index < -0.39 is 10.9 Å². The predicted octanol–water partition coefficient (Wildman–Crippen LogP) is 3.43. The van der Waals surface area contributed by atoms with Crippen molar-refractivity contribution in [3.8, 4) is 0 Å². The van der Waals surface area contributed by atoms with Crippen molar-refractivity contribution in [3.05, 3.63) is 34.4 Å². The SMILES string of the molecule is O=C(O)CC1(CNc2ccccc2[N+](=O)[O-])CCCCC1. The topological polar surface area (TPSA) is 92.5 Å². The van der Waals surface area contributed by atoms with Crippen molar-refractivity contribution >= 4 is 17.3 Å². The van der Waals surface area contributed by atoms with Crippen LogP contribution in [0.25, 0.3) is 0 Å². The Hall–Kier alpha value is -2.11. The molecule has 6 nitrogen and oxygen atoms in total. The zero-order chi connectivity index (χ0) is 15.3. The normalized spacial score (nSPS) is 17.1. The molecule has 0 unspecified atom stereocenters. The Kier molecular flexibility index (Phi) is 4.77. The van der Waals surface area contributed by atoms with E-state index in [-0.39, 0.29) is 17.5 Å². The molecule has 0 amide bonds. The largest absolute Gasteiger partial charge is 0.481 e. The number of nitrogens with zero attached hydrogens (tertiary/aromatic N) is 1. The summed E-state index contributed by atoms with van der Waals surface area (Å²) in [5.74, 6) is -0.804. The van der Waals surface area contributed by atoms with Crippen LogP contribution in [-0.4, -0.2) is 22.5 Å². The van der Waals surface area contributed by atoms with E-state index in [4.69, 9.17) is 5.11 Å². The summed E-state index contributed by atoms with van der Waals surface area (Å²) in [5.41, 5.74) is 0.185. The minimum absolute atomic E-state index is 0.0267. The number of nitrogens with one attached hydrogen (secondary N) is 1. The van der Waals surface area contributed by atoms with Gasteiger partial charge in [-0.3, -0.25) is 14.9 Å². The molecule has 0 atom stereocenters. The van der Waals surface area contributed by atoms with Gasteiger partial charge in [0.2, 0.25) is 0 Å². The lowest BCUT2D eigenvalue weighted by atomic mass is 9.71. The minimum atomic E-state index is -0.804. The average Bonchev–Trinajstić information content (AvgIpc) is 2.46. The summed E-state index contributed by atoms with van der Waals surface area (Å²) in [5, 5.41) is 23.2. The third-order valence-corrected chi connectivity index (χ3v) is 4.20. The zero-order valence-corrected chi connectivity index (χ0v) is 11.9. The van der Waals surface area contributed by atoms with Crippen molar-refractivity contribution in [1.29, 1.82) is 0 Å². The van der Waals surface area contributed by atoms with E-state index in [0.29, 0.717) is 12.2 Å². The number of rotatable bonds is 6. The molecule has 1 aliphatic rings. The van der Waals surface area contributed by atoms with Crippen LogP contribution in [0.15, 0.2) is 24.3 Å². The molecule has 1 aromatic carbocycles. The number of carboxylic acids is 1. The van der Waals surface area contributed by atoms with Gasteiger partial charge in [0.15, 0.2) is 0 Å². The van der Waals surface area contributed by atoms with Gasteiger partial charge in [0, 0.05) is 12.6 Å². The number of carbonyl (C=O) groups is 1. The second kappa shape index (κ2) is 6.56. The predicted molar refractivity (Wildman–Crippen MR) is 79.4 cm³/mol. The van der Waals surface area contributed by atoms with E-state index >= 15 is 0 Å². The van der Waals surface area contributed by atoms with Gasteiger partial charge in [-0.2, -0.15) is 0 Å². The number of nitro benzene ring substituents is 1. The monoisotopic (exact) mass is 292 g/mol. The molecular formula is C15H20N2O4. The Morgan fingerprint density at radius 2 is 1.95 bits per heavy atom. The molecule has 2 N–H and O–H groups in total. The number of carboxylic acid groups (broad SMARTS) is 1. The molecule has 0 bridgehead atoms. The smallest absolute Gasteiger partial charge is 0.303 e. The van der Waals surface area contributed by atoms with E-state index in [2.05, 4.69) is 5.32 Å². The van der Waals surface area contributed by atoms with Crippen LogP contribution in [0.4, 0.5) is 11.4 Å². The van der Waals surface area contributed by atoms with Gasteiger partial charge in [-0.15, -0.1) is 0 Å². The fraction of sp³-hybridized carbons (Fsp3) is 0.533. The molecule has 1 fully saturated rings. The maximum Gasteiger partial charge on any atom is 0.303 e. The fourth-order valence-electron chi connectivity index (χ4n) is 3.10. The first-order valence-electron chi connectivity index (χ1n) is 7.22. The number of para-hydroxylation sites is 2. The maximum absolute atomic E-state index is 11.1. The lowest BCUT2D eigenvalue weighted by molar-refractivity contribution is -0.384. The Bertz CT molecular complexity index is 524. The van der Waals surface area contributed by atoms with Gasteiger partial charge in [-0.1, -0.05) is 31.4 Å². The molecular weight excluding hydrogens is 272 g/mol. The number of hydrogen-bond acceptors (Lipinski definition) is 4. The van der Waals surface area contributed by atoms with Crippen molar-refractivity contribution in [2.45, 2.75) is 38.5 Å². The molecule has 21 heavy (non-hydrogen) atoms. The molecule has 0 saturated heterocycles. The Labute approximate surface area is 123 Å². The van der Waals surface area contributed by atoms with Crippen molar-refractivity contribution < 1.29 is 14.8 Å². The molecule has 2 rings (SSSR count). The van der Waals surface area contributed by atoms with E-state index in [1.807, 2.05) is 0 Å². The van der Waals surface area contributed by atoms with Crippen molar-refractivity contribution in [2.24, 2.45) is 5.41 Å². The molecule has 114 valence electrons. The third kappa shape index (κ3) is 3.93. The number of anilines is 1. The summed E-state index contributed by atoms with van der Waals surface area (Å²) in [6.45, 7) is 0.462. The Balaban J connectivity index is 2.11. The van der Waals surface area contributed by atoms with Gasteiger partial charge >= 0.3 is 5.97 Å². The first-order chi connectivity index (χ1) is 10.0. The van der Waals surface area contributed by atoms with Crippen molar-refractivity contribution in [1.82, 2.24) is 0 Å². The van der Waals surface area contributed by atoms with Crippen LogP contribution in [-0.2, 0) is 4.79 Å². The minimum Gasteiger partial charge on any atom is -0.481 e. The highest BCUT2D eigenvalue weighted by Gasteiger charge is 2.34. The highest BCUT2D eigenvalue weighted by Crippen LogP contribution is 2.40. The highest BCUT2D eigenvalue weighted by atomic mass is 16.6. The summed E-state index contributed by atoms with van der Waals surface area (Å²) >= 11 is 0. The maximum atomic E-state index is 11.1. The van der Waals surface area contributed by atoms with E-state index in [0.717, 1.165) is 32.1 Å². The second-order valence-electron chi connectivity index (χ2n) is 5.76. The third-order valence-electron chi connectivity index (χ3n) is 4.20. The standard InChI is InChI=1S/C15H20N2O4/c18-14(19)10-15(8-4-1-5-9-15)11-16-12-6-2-3-7-13(12)17(20)21/h2-3,6-7,16H,1,4-5,8-11H2,(H,18,19). The molecule has 0 radical (unpaired) electrons. The number of benzene rings is 1. The first kappa shape index (κ1) is 15.3. The van der Waals surface area contributed by atoms with Gasteiger partial charge in [0.1, 0.15) is 5.69 Å². The van der Waals surface area contributed by atoms with Gasteiger partial charge in [-0.25, -0.2) is 0 Å². The van der Waals surface area contributed by atoms with E-state index in [9.17, 15) is 14.9 Å². The summed E-state index contributed by atoms with van der Waals surface area (Å²) in [6, 6.07) is 6.47. The highest BCUT2D eigenvalue weighted by molar-refractivity contribution is 5.68. The van der Waals surface area contributed by atoms with Gasteiger partial charge in [0.25, 0.3) is 5.69 Å². The van der Waals surface area contributed by atoms with Crippen LogP contribution >= 0.6 is 0 Å². The van der Waals surface area contributed by atoms with Gasteiger partial charge in [0.05, 0.1) is 11.3 Å². The van der Waals surface area contributed by atoms with Crippen molar-refractivity contribution in [3.63, 3.8) is 0 Å². The van der Waals surface area contributed by atoms with Crippen LogP contribution < -0.4 is 5.32 Å². The van der Waals surface area contributed by atoms with E-state index in [1.165, 1.54) is 6.07 Å². The molecule has 0 aromatic heterocycles. The van der Waals surface area contributed by atoms with Gasteiger partial charge in [-0.05, 0) is 24.3 Å². The van der Waals surface area contributed by atoms with Crippen LogP contribution in [0.1, 0.15) is 38.5 Å². The zero-order valence-electron chi connectivity index (χ0n) is 11.9. The molecule has 0 spiro atoms. The number of hydrogen-bond donors (Lipinski definition) is 2. The first-order valence-corrected chi connectivity index (χ1v) is 7.22. The Morgan fingerprint density at radius 1 is 1.29 bits per heavy atom. The Morgan fingerprint density at radius 3 is 2.57 bits per heavy atom. The average molecular weight is 292 g/mol. The summed E-state index contributed by atoms with van der Waals surface area (Å²) < 4.78 is 0. The van der Waals surface area contributed by atoms with Crippen LogP contribution in [0.3, 0.4) is 0 Å². The summed E-state index contributed by atoms with van der Waals surface area (Å²) in [6.07, 6.45) is 4.99. The van der Waals surface area contributed by atoms with E-state index in [1.54, 1.807) is 18.2 Å². The molecule has 1 saturated carbocycles. The van der Waals surface area contributed by atoms with Crippen LogP contribution in [0, 0.1) is 15.5 Å².